The summed E-state index contributed by atoms with van der Waals surface area (Å²) in [6, 6.07) is 6.69. The van der Waals surface area contributed by atoms with Crippen molar-refractivity contribution >= 4 is 21.7 Å². The highest BCUT2D eigenvalue weighted by atomic mass is 32.2. The molecule has 1 fully saturated rings. The lowest BCUT2D eigenvalue weighted by atomic mass is 10.2. The second-order valence-corrected chi connectivity index (χ2v) is 8.18. The first-order valence-corrected chi connectivity index (χ1v) is 10.4. The van der Waals surface area contributed by atoms with Gasteiger partial charge in [0.1, 0.15) is 23.7 Å². The first kappa shape index (κ1) is 19.4. The molecule has 0 bridgehead atoms. The van der Waals surface area contributed by atoms with Crippen molar-refractivity contribution < 1.29 is 13.2 Å². The van der Waals surface area contributed by atoms with Gasteiger partial charge in [-0.15, -0.1) is 0 Å². The molecule has 0 saturated carbocycles. The van der Waals surface area contributed by atoms with Crippen molar-refractivity contribution in [3.63, 3.8) is 0 Å². The van der Waals surface area contributed by atoms with Gasteiger partial charge in [-0.1, -0.05) is 0 Å². The van der Waals surface area contributed by atoms with E-state index in [-0.39, 0.29) is 11.4 Å². The van der Waals surface area contributed by atoms with E-state index in [0.29, 0.717) is 18.1 Å². The van der Waals surface area contributed by atoms with E-state index in [1.54, 1.807) is 19.2 Å². The zero-order valence-corrected chi connectivity index (χ0v) is 16.4. The van der Waals surface area contributed by atoms with E-state index in [0.717, 1.165) is 24.5 Å². The fourth-order valence-corrected chi connectivity index (χ4v) is 4.16. The second-order valence-electron chi connectivity index (χ2n) is 6.41. The van der Waals surface area contributed by atoms with E-state index in [2.05, 4.69) is 24.9 Å². The first-order valence-electron chi connectivity index (χ1n) is 8.95. The maximum atomic E-state index is 12.4. The molecule has 0 unspecified atom stereocenters. The summed E-state index contributed by atoms with van der Waals surface area (Å²) in [7, 11) is -2.01. The summed E-state index contributed by atoms with van der Waals surface area (Å²) in [5, 5.41) is 3.14. The molecular weight excluding hydrogens is 366 g/mol. The predicted molar refractivity (Wildman–Crippen MR) is 105 cm³/mol. The Hall–Kier alpha value is -2.39. The second kappa shape index (κ2) is 8.53. The Balaban J connectivity index is 1.53. The molecule has 1 saturated heterocycles. The number of hydrogen-bond acceptors (Lipinski definition) is 7. The van der Waals surface area contributed by atoms with Gasteiger partial charge in [0.2, 0.25) is 10.0 Å². The monoisotopic (exact) mass is 391 g/mol. The number of anilines is 2. The zero-order chi connectivity index (χ0) is 19.3. The smallest absolute Gasteiger partial charge is 0.240 e. The van der Waals surface area contributed by atoms with Crippen molar-refractivity contribution in [2.24, 2.45) is 0 Å². The van der Waals surface area contributed by atoms with Crippen LogP contribution in [0.3, 0.4) is 0 Å². The van der Waals surface area contributed by atoms with Crippen LogP contribution in [0.2, 0.25) is 0 Å². The lowest BCUT2D eigenvalue weighted by Crippen LogP contribution is -2.29. The molecule has 0 atom stereocenters. The third-order valence-corrected chi connectivity index (χ3v) is 5.94. The number of nitrogens with zero attached hydrogens (tertiary/aromatic N) is 3. The summed E-state index contributed by atoms with van der Waals surface area (Å²) in [6.07, 6.45) is 3.89. The van der Waals surface area contributed by atoms with E-state index in [1.807, 2.05) is 13.0 Å². The van der Waals surface area contributed by atoms with Gasteiger partial charge < -0.3 is 15.0 Å². The minimum absolute atomic E-state index is 0.221. The molecule has 1 aromatic carbocycles. The molecular formula is C18H25N5O3S. The van der Waals surface area contributed by atoms with Crippen LogP contribution in [0.15, 0.2) is 35.5 Å². The third kappa shape index (κ3) is 4.86. The van der Waals surface area contributed by atoms with Gasteiger partial charge in [-0.05, 0) is 43.5 Å². The first-order chi connectivity index (χ1) is 13.0. The van der Waals surface area contributed by atoms with E-state index >= 15 is 0 Å². The van der Waals surface area contributed by atoms with Crippen LogP contribution in [-0.2, 0) is 10.0 Å². The van der Waals surface area contributed by atoms with Crippen LogP contribution in [0.5, 0.6) is 5.75 Å². The number of nitrogens with one attached hydrogen (secondary N) is 2. The van der Waals surface area contributed by atoms with E-state index < -0.39 is 10.0 Å². The van der Waals surface area contributed by atoms with Gasteiger partial charge in [0.25, 0.3) is 0 Å². The fourth-order valence-electron chi connectivity index (χ4n) is 3.04. The van der Waals surface area contributed by atoms with Crippen LogP contribution < -0.4 is 19.7 Å². The summed E-state index contributed by atoms with van der Waals surface area (Å²) >= 11 is 0. The number of methoxy groups -OCH3 is 1. The Kier molecular flexibility index (Phi) is 6.12. The number of aromatic nitrogens is 2. The van der Waals surface area contributed by atoms with Crippen LogP contribution in [0.4, 0.5) is 11.6 Å². The number of rotatable bonds is 8. The Bertz CT molecular complexity index is 882. The van der Waals surface area contributed by atoms with Crippen LogP contribution in [0.1, 0.15) is 18.4 Å². The molecule has 1 aliphatic heterocycles. The Morgan fingerprint density at radius 3 is 2.63 bits per heavy atom. The van der Waals surface area contributed by atoms with Gasteiger partial charge in [0.15, 0.2) is 0 Å². The largest absolute Gasteiger partial charge is 0.496 e. The lowest BCUT2D eigenvalue weighted by Gasteiger charge is -2.16. The van der Waals surface area contributed by atoms with Crippen molar-refractivity contribution in [3.05, 3.63) is 36.2 Å². The molecule has 2 aromatic rings. The zero-order valence-electron chi connectivity index (χ0n) is 15.6. The summed E-state index contributed by atoms with van der Waals surface area (Å²) in [4.78, 5) is 10.9. The maximum Gasteiger partial charge on any atom is 0.240 e. The molecule has 2 heterocycles. The summed E-state index contributed by atoms with van der Waals surface area (Å²) in [6.45, 7) is 4.50. The van der Waals surface area contributed by atoms with Gasteiger partial charge in [-0.25, -0.2) is 23.1 Å². The molecule has 8 nitrogen and oxygen atoms in total. The molecule has 0 radical (unpaired) electrons. The van der Waals surface area contributed by atoms with Gasteiger partial charge in [0.05, 0.1) is 12.0 Å². The molecule has 27 heavy (non-hydrogen) atoms. The molecule has 0 spiro atoms. The SMILES string of the molecule is COc1ccc(S(=O)(=O)NCCNc2cc(N3CCCC3)ncn2)cc1C. The van der Waals surface area contributed by atoms with E-state index in [1.165, 1.54) is 25.2 Å². The van der Waals surface area contributed by atoms with Crippen molar-refractivity contribution in [1.82, 2.24) is 14.7 Å². The maximum absolute atomic E-state index is 12.4. The van der Waals surface area contributed by atoms with Crippen LogP contribution in [0.25, 0.3) is 0 Å². The Morgan fingerprint density at radius 1 is 1.15 bits per heavy atom. The molecule has 0 aliphatic carbocycles. The minimum atomic E-state index is -3.57. The van der Waals surface area contributed by atoms with Gasteiger partial charge in [-0.3, -0.25) is 0 Å². The molecule has 9 heteroatoms. The highest BCUT2D eigenvalue weighted by Gasteiger charge is 2.16. The average molecular weight is 391 g/mol. The average Bonchev–Trinajstić information content (AvgIpc) is 3.20. The molecule has 1 aromatic heterocycles. The Labute approximate surface area is 160 Å². The molecule has 146 valence electrons. The molecule has 2 N–H and O–H groups in total. The number of benzene rings is 1. The summed E-state index contributed by atoms with van der Waals surface area (Å²) < 4.78 is 32.6. The standard InChI is InChI=1S/C18H25N5O3S/c1-14-11-15(5-6-16(14)26-2)27(24,25)22-8-7-19-17-12-18(21-13-20-17)23-9-3-4-10-23/h5-6,11-13,22H,3-4,7-10H2,1-2H3,(H,19,20,21). The number of sulfonamides is 1. The van der Waals surface area contributed by atoms with Crippen molar-refractivity contribution in [3.8, 4) is 5.75 Å². The third-order valence-electron chi connectivity index (χ3n) is 4.48. The van der Waals surface area contributed by atoms with Gasteiger partial charge in [-0.2, -0.15) is 0 Å². The number of ether oxygens (including phenoxy) is 1. The van der Waals surface area contributed by atoms with Crippen molar-refractivity contribution in [2.45, 2.75) is 24.7 Å². The molecule has 3 rings (SSSR count). The molecule has 1 aliphatic rings. The minimum Gasteiger partial charge on any atom is -0.496 e. The highest BCUT2D eigenvalue weighted by molar-refractivity contribution is 7.89. The number of hydrogen-bond donors (Lipinski definition) is 2. The highest BCUT2D eigenvalue weighted by Crippen LogP contribution is 2.21. The summed E-state index contributed by atoms with van der Waals surface area (Å²) in [5.41, 5.74) is 0.772. The van der Waals surface area contributed by atoms with Crippen molar-refractivity contribution in [2.75, 3.05) is 43.5 Å². The van der Waals surface area contributed by atoms with Crippen molar-refractivity contribution in [1.29, 1.82) is 0 Å². The normalized spacial score (nSPS) is 14.4. The van der Waals surface area contributed by atoms with E-state index in [9.17, 15) is 8.42 Å². The molecule has 0 amide bonds. The Morgan fingerprint density at radius 2 is 1.93 bits per heavy atom. The quantitative estimate of drug-likeness (QED) is 0.662. The fraction of sp³-hybridized carbons (Fsp3) is 0.444. The summed E-state index contributed by atoms with van der Waals surface area (Å²) in [5.74, 6) is 2.25. The van der Waals surface area contributed by atoms with Crippen LogP contribution in [-0.4, -0.2) is 51.7 Å². The van der Waals surface area contributed by atoms with E-state index in [4.69, 9.17) is 4.74 Å². The topological polar surface area (TPSA) is 96.5 Å². The van der Waals surface area contributed by atoms with Gasteiger partial charge in [0, 0.05) is 32.2 Å². The van der Waals surface area contributed by atoms with Gasteiger partial charge >= 0.3 is 0 Å². The van der Waals surface area contributed by atoms with Crippen LogP contribution in [0, 0.1) is 6.92 Å². The predicted octanol–water partition coefficient (Wildman–Crippen LogP) is 1.78. The number of aryl methyl sites for hydroxylation is 1. The lowest BCUT2D eigenvalue weighted by molar-refractivity contribution is 0.411. The van der Waals surface area contributed by atoms with Crippen LogP contribution >= 0.6 is 0 Å².